The van der Waals surface area contributed by atoms with E-state index in [2.05, 4.69) is 10.2 Å². The molecule has 3 rings (SSSR count). The highest BCUT2D eigenvalue weighted by atomic mass is 19.2. The molecule has 2 unspecified atom stereocenters. The number of nitrogens with zero attached hydrogens (tertiary/aromatic N) is 1. The summed E-state index contributed by atoms with van der Waals surface area (Å²) in [7, 11) is 1.30. The van der Waals surface area contributed by atoms with Gasteiger partial charge in [0.2, 0.25) is 0 Å². The predicted octanol–water partition coefficient (Wildman–Crippen LogP) is 4.30. The summed E-state index contributed by atoms with van der Waals surface area (Å²) in [6.45, 7) is 5.47. The predicted molar refractivity (Wildman–Crippen MR) is 111 cm³/mol. The fourth-order valence-corrected chi connectivity index (χ4v) is 4.84. The lowest BCUT2D eigenvalue weighted by Crippen LogP contribution is -2.50. The topological polar surface area (TPSA) is 67.9 Å². The minimum absolute atomic E-state index is 0.00479. The molecule has 0 aliphatic carbocycles. The standard InChI is InChI=1S/C23H31F3N2O4/c1-23(2,3)32-22(30)27-20(11-21(29)31-4)13-7-15-5-6-16(8-13)28(15)12-14-9-18(25)19(26)10-17(14)24/h9-10,13,15-16,20H,5-8,11-12H2,1-4H3,(H,27,30)/t13?,15?,16?,20-/m1/s1. The second-order valence-electron chi connectivity index (χ2n) is 9.68. The van der Waals surface area contributed by atoms with Gasteiger partial charge in [0.05, 0.1) is 13.5 Å². The van der Waals surface area contributed by atoms with E-state index in [0.29, 0.717) is 18.9 Å². The zero-order valence-corrected chi connectivity index (χ0v) is 18.9. The molecule has 2 saturated heterocycles. The van der Waals surface area contributed by atoms with Crippen molar-refractivity contribution in [2.24, 2.45) is 5.92 Å². The number of fused-ring (bicyclic) bond motifs is 2. The molecular formula is C23H31F3N2O4. The van der Waals surface area contributed by atoms with Crippen molar-refractivity contribution in [3.63, 3.8) is 0 Å². The van der Waals surface area contributed by atoms with Crippen LogP contribution in [0.25, 0.3) is 0 Å². The van der Waals surface area contributed by atoms with Gasteiger partial charge in [0.25, 0.3) is 0 Å². The van der Waals surface area contributed by atoms with Gasteiger partial charge in [-0.2, -0.15) is 0 Å². The van der Waals surface area contributed by atoms with Gasteiger partial charge in [-0.25, -0.2) is 18.0 Å². The minimum Gasteiger partial charge on any atom is -0.469 e. The Morgan fingerprint density at radius 1 is 1.09 bits per heavy atom. The summed E-state index contributed by atoms with van der Waals surface area (Å²) in [4.78, 5) is 26.5. The zero-order valence-electron chi connectivity index (χ0n) is 18.9. The number of piperidine rings is 1. The number of ether oxygens (including phenoxy) is 2. The quantitative estimate of drug-likeness (QED) is 0.511. The van der Waals surface area contributed by atoms with Crippen molar-refractivity contribution < 1.29 is 32.2 Å². The van der Waals surface area contributed by atoms with E-state index in [1.54, 1.807) is 20.8 Å². The van der Waals surface area contributed by atoms with Crippen LogP contribution < -0.4 is 5.32 Å². The van der Waals surface area contributed by atoms with Gasteiger partial charge in [-0.15, -0.1) is 0 Å². The molecular weight excluding hydrogens is 425 g/mol. The molecule has 0 aromatic heterocycles. The molecule has 1 aromatic carbocycles. The monoisotopic (exact) mass is 456 g/mol. The molecule has 1 N–H and O–H groups in total. The largest absolute Gasteiger partial charge is 0.469 e. The molecule has 2 aliphatic rings. The van der Waals surface area contributed by atoms with Crippen molar-refractivity contribution in [1.82, 2.24) is 10.2 Å². The first-order chi connectivity index (χ1) is 15.0. The summed E-state index contributed by atoms with van der Waals surface area (Å²) >= 11 is 0. The van der Waals surface area contributed by atoms with Crippen molar-refractivity contribution in [2.45, 2.75) is 83.1 Å². The number of hydrogen-bond acceptors (Lipinski definition) is 5. The summed E-state index contributed by atoms with van der Waals surface area (Å²) in [5.41, 5.74) is -0.547. The van der Waals surface area contributed by atoms with Crippen molar-refractivity contribution in [2.75, 3.05) is 7.11 Å². The Hall–Kier alpha value is -2.29. The van der Waals surface area contributed by atoms with E-state index in [1.807, 2.05) is 0 Å². The second kappa shape index (κ2) is 9.68. The van der Waals surface area contributed by atoms with Crippen molar-refractivity contribution >= 4 is 12.1 Å². The fourth-order valence-electron chi connectivity index (χ4n) is 4.84. The molecule has 0 radical (unpaired) electrons. The van der Waals surface area contributed by atoms with E-state index < -0.39 is 41.2 Å². The molecule has 2 aliphatic heterocycles. The van der Waals surface area contributed by atoms with Crippen LogP contribution in [0.2, 0.25) is 0 Å². The van der Waals surface area contributed by atoms with Crippen LogP contribution in [0.5, 0.6) is 0 Å². The van der Waals surface area contributed by atoms with Crippen molar-refractivity contribution in [3.8, 4) is 0 Å². The van der Waals surface area contributed by atoms with Gasteiger partial charge in [0, 0.05) is 36.3 Å². The summed E-state index contributed by atoms with van der Waals surface area (Å²) in [6.07, 6.45) is 2.55. The first-order valence-corrected chi connectivity index (χ1v) is 10.9. The number of rotatable bonds is 6. The number of esters is 1. The van der Waals surface area contributed by atoms with E-state index in [9.17, 15) is 22.8 Å². The Balaban J connectivity index is 1.71. The smallest absolute Gasteiger partial charge is 0.407 e. The molecule has 2 fully saturated rings. The molecule has 1 aromatic rings. The fraction of sp³-hybridized carbons (Fsp3) is 0.652. The molecule has 2 heterocycles. The Morgan fingerprint density at radius 2 is 1.69 bits per heavy atom. The highest BCUT2D eigenvalue weighted by Crippen LogP contribution is 2.41. The van der Waals surface area contributed by atoms with E-state index in [4.69, 9.17) is 9.47 Å². The van der Waals surface area contributed by atoms with Gasteiger partial charge in [-0.3, -0.25) is 9.69 Å². The van der Waals surface area contributed by atoms with Crippen LogP contribution in [0.4, 0.5) is 18.0 Å². The van der Waals surface area contributed by atoms with Gasteiger partial charge < -0.3 is 14.8 Å². The maximum Gasteiger partial charge on any atom is 0.407 e. The molecule has 178 valence electrons. The van der Waals surface area contributed by atoms with E-state index in [-0.39, 0.29) is 36.5 Å². The number of nitrogens with one attached hydrogen (secondary N) is 1. The van der Waals surface area contributed by atoms with Crippen molar-refractivity contribution in [3.05, 3.63) is 35.1 Å². The average Bonchev–Trinajstić information content (AvgIpc) is 2.91. The van der Waals surface area contributed by atoms with Crippen LogP contribution in [0.1, 0.15) is 58.4 Å². The van der Waals surface area contributed by atoms with Crippen molar-refractivity contribution in [1.29, 1.82) is 0 Å². The van der Waals surface area contributed by atoms with E-state index >= 15 is 0 Å². The van der Waals surface area contributed by atoms with E-state index in [0.717, 1.165) is 18.9 Å². The first-order valence-electron chi connectivity index (χ1n) is 10.9. The van der Waals surface area contributed by atoms with Gasteiger partial charge in [-0.1, -0.05) is 0 Å². The van der Waals surface area contributed by atoms with E-state index in [1.165, 1.54) is 7.11 Å². The SMILES string of the molecule is COC(=O)C[C@@H](NC(=O)OC(C)(C)C)C1CC2CCC(C1)N2Cc1cc(F)c(F)cc1F. The number of amides is 1. The Morgan fingerprint density at radius 3 is 2.25 bits per heavy atom. The molecule has 0 saturated carbocycles. The number of carbonyl (C=O) groups is 2. The number of methoxy groups -OCH3 is 1. The lowest BCUT2D eigenvalue weighted by atomic mass is 9.83. The molecule has 9 heteroatoms. The molecule has 0 spiro atoms. The third-order valence-electron chi connectivity index (χ3n) is 6.25. The number of benzene rings is 1. The maximum absolute atomic E-state index is 14.2. The van der Waals surface area contributed by atoms with Gasteiger partial charge >= 0.3 is 12.1 Å². The third-order valence-corrected chi connectivity index (χ3v) is 6.25. The molecule has 1 amide bonds. The van der Waals surface area contributed by atoms with Crippen LogP contribution in [0.3, 0.4) is 0 Å². The molecule has 6 nitrogen and oxygen atoms in total. The maximum atomic E-state index is 14.2. The lowest BCUT2D eigenvalue weighted by molar-refractivity contribution is -0.141. The van der Waals surface area contributed by atoms with Crippen LogP contribution in [0, 0.1) is 23.4 Å². The summed E-state index contributed by atoms with van der Waals surface area (Å²) in [5.74, 6) is -3.45. The highest BCUT2D eigenvalue weighted by Gasteiger charge is 2.44. The molecule has 2 bridgehead atoms. The number of hydrogen-bond donors (Lipinski definition) is 1. The van der Waals surface area contributed by atoms with Gasteiger partial charge in [0.15, 0.2) is 11.6 Å². The summed E-state index contributed by atoms with van der Waals surface area (Å²) < 4.78 is 51.2. The Bertz CT molecular complexity index is 844. The Labute approximate surface area is 186 Å². The second-order valence-corrected chi connectivity index (χ2v) is 9.68. The number of halogens is 3. The summed E-state index contributed by atoms with van der Waals surface area (Å²) in [5, 5.41) is 2.83. The average molecular weight is 457 g/mol. The number of alkyl carbamates (subject to hydrolysis) is 1. The third kappa shape index (κ3) is 5.94. The van der Waals surface area contributed by atoms with Gasteiger partial charge in [0.1, 0.15) is 11.4 Å². The van der Waals surface area contributed by atoms with Crippen LogP contribution in [-0.4, -0.2) is 47.8 Å². The highest BCUT2D eigenvalue weighted by molar-refractivity contribution is 5.73. The van der Waals surface area contributed by atoms with Gasteiger partial charge in [-0.05, 0) is 58.4 Å². The zero-order chi connectivity index (χ0) is 23.6. The minimum atomic E-state index is -1.20. The Kier molecular flexibility index (Phi) is 7.37. The number of carbonyl (C=O) groups excluding carboxylic acids is 2. The lowest BCUT2D eigenvalue weighted by Gasteiger charge is -2.41. The molecule has 3 atom stereocenters. The molecule has 32 heavy (non-hydrogen) atoms. The first kappa shape index (κ1) is 24.4. The summed E-state index contributed by atoms with van der Waals surface area (Å²) in [6, 6.07) is 1.22. The van der Waals surface area contributed by atoms with Crippen LogP contribution in [-0.2, 0) is 20.8 Å². The normalized spacial score (nSPS) is 24.2. The van der Waals surface area contributed by atoms with Crippen LogP contribution in [0.15, 0.2) is 12.1 Å². The van der Waals surface area contributed by atoms with Crippen LogP contribution >= 0.6 is 0 Å².